The van der Waals surface area contributed by atoms with Crippen LogP contribution in [0.4, 0.5) is 0 Å². The molecule has 1 aliphatic heterocycles. The average molecular weight is 380 g/mol. The highest BCUT2D eigenvalue weighted by atomic mass is 16.5. The van der Waals surface area contributed by atoms with Gasteiger partial charge in [0, 0.05) is 13.1 Å². The lowest BCUT2D eigenvalue weighted by Crippen LogP contribution is -2.35. The van der Waals surface area contributed by atoms with E-state index in [0.717, 1.165) is 5.56 Å². The molecule has 1 fully saturated rings. The number of Topliss-reactive ketones (excluding diaryl/α,β-unsaturated/α-hetero) is 1. The van der Waals surface area contributed by atoms with Gasteiger partial charge in [0.05, 0.1) is 24.3 Å². The molecule has 0 saturated carbocycles. The summed E-state index contributed by atoms with van der Waals surface area (Å²) in [4.78, 5) is 29.2. The van der Waals surface area contributed by atoms with Gasteiger partial charge < -0.3 is 19.6 Å². The van der Waals surface area contributed by atoms with E-state index in [1.807, 2.05) is 49.3 Å². The summed E-state index contributed by atoms with van der Waals surface area (Å²) in [6, 6.07) is 15.5. The lowest BCUT2D eigenvalue weighted by atomic mass is 9.95. The number of amides is 1. The van der Waals surface area contributed by atoms with Crippen LogP contribution in [-0.2, 0) is 9.59 Å². The zero-order valence-electron chi connectivity index (χ0n) is 16.3. The number of aliphatic hydroxyl groups excluding tert-OH is 1. The second-order valence-corrected chi connectivity index (χ2v) is 6.91. The number of likely N-dealkylation sites (tertiary alicyclic amines) is 1. The van der Waals surface area contributed by atoms with Crippen molar-refractivity contribution in [2.45, 2.75) is 6.04 Å². The van der Waals surface area contributed by atoms with Crippen molar-refractivity contribution in [3.05, 3.63) is 71.3 Å². The number of hydrogen-bond acceptors (Lipinski definition) is 5. The van der Waals surface area contributed by atoms with Gasteiger partial charge in [0.25, 0.3) is 11.7 Å². The zero-order chi connectivity index (χ0) is 20.3. The number of rotatable bonds is 6. The van der Waals surface area contributed by atoms with Crippen molar-refractivity contribution in [3.8, 4) is 5.75 Å². The second kappa shape index (κ2) is 8.27. The molecule has 0 spiro atoms. The van der Waals surface area contributed by atoms with Crippen molar-refractivity contribution in [1.29, 1.82) is 0 Å². The predicted octanol–water partition coefficient (Wildman–Crippen LogP) is 2.68. The largest absolute Gasteiger partial charge is 0.507 e. The average Bonchev–Trinajstić information content (AvgIpc) is 2.97. The van der Waals surface area contributed by atoms with Crippen molar-refractivity contribution in [2.75, 3.05) is 34.3 Å². The van der Waals surface area contributed by atoms with Gasteiger partial charge in [-0.15, -0.1) is 0 Å². The summed E-state index contributed by atoms with van der Waals surface area (Å²) in [5.74, 6) is -1.08. The first-order chi connectivity index (χ1) is 13.5. The number of aliphatic hydroxyl groups is 1. The predicted molar refractivity (Wildman–Crippen MR) is 107 cm³/mol. The minimum Gasteiger partial charge on any atom is -0.507 e. The van der Waals surface area contributed by atoms with E-state index in [1.165, 1.54) is 12.0 Å². The molecule has 1 heterocycles. The molecule has 28 heavy (non-hydrogen) atoms. The Hall–Kier alpha value is -3.12. The van der Waals surface area contributed by atoms with Crippen LogP contribution in [0.1, 0.15) is 17.2 Å². The van der Waals surface area contributed by atoms with Crippen LogP contribution in [0.25, 0.3) is 5.76 Å². The first-order valence-corrected chi connectivity index (χ1v) is 9.07. The number of benzene rings is 2. The number of para-hydroxylation sites is 1. The van der Waals surface area contributed by atoms with Crippen molar-refractivity contribution in [1.82, 2.24) is 9.80 Å². The third-order valence-corrected chi connectivity index (χ3v) is 4.81. The van der Waals surface area contributed by atoms with Gasteiger partial charge in [-0.05, 0) is 31.8 Å². The molecule has 0 aliphatic carbocycles. The summed E-state index contributed by atoms with van der Waals surface area (Å²) in [6.45, 7) is 0.977. The first kappa shape index (κ1) is 19.6. The van der Waals surface area contributed by atoms with Crippen LogP contribution in [-0.4, -0.2) is 60.9 Å². The maximum atomic E-state index is 12.9. The molecule has 0 aromatic heterocycles. The molecule has 2 aromatic rings. The number of ether oxygens (including phenoxy) is 1. The highest BCUT2D eigenvalue weighted by Gasteiger charge is 2.46. The van der Waals surface area contributed by atoms with Crippen molar-refractivity contribution in [3.63, 3.8) is 0 Å². The molecule has 0 bridgehead atoms. The molecule has 1 unspecified atom stereocenters. The summed E-state index contributed by atoms with van der Waals surface area (Å²) in [6.07, 6.45) is 0. The number of carbonyl (C=O) groups is 2. The van der Waals surface area contributed by atoms with Gasteiger partial charge in [-0.2, -0.15) is 0 Å². The minimum atomic E-state index is -0.684. The second-order valence-electron chi connectivity index (χ2n) is 6.91. The monoisotopic (exact) mass is 380 g/mol. The van der Waals surface area contributed by atoms with Crippen LogP contribution in [0.3, 0.4) is 0 Å². The minimum absolute atomic E-state index is 0.0828. The van der Waals surface area contributed by atoms with Gasteiger partial charge in [-0.1, -0.05) is 42.5 Å². The Morgan fingerprint density at radius 1 is 1.07 bits per heavy atom. The van der Waals surface area contributed by atoms with Gasteiger partial charge in [-0.3, -0.25) is 9.59 Å². The Morgan fingerprint density at radius 3 is 2.36 bits per heavy atom. The number of nitrogens with zero attached hydrogens (tertiary/aromatic N) is 2. The van der Waals surface area contributed by atoms with Crippen LogP contribution in [0, 0.1) is 0 Å². The van der Waals surface area contributed by atoms with Gasteiger partial charge in [-0.25, -0.2) is 0 Å². The molecule has 3 rings (SSSR count). The molecule has 0 radical (unpaired) electrons. The Bertz CT molecular complexity index is 906. The third-order valence-electron chi connectivity index (χ3n) is 4.81. The number of methoxy groups -OCH3 is 1. The van der Waals surface area contributed by atoms with E-state index in [-0.39, 0.29) is 11.3 Å². The quantitative estimate of drug-likeness (QED) is 0.474. The van der Waals surface area contributed by atoms with Gasteiger partial charge in [0.2, 0.25) is 0 Å². The van der Waals surface area contributed by atoms with Crippen LogP contribution in [0.15, 0.2) is 60.2 Å². The fourth-order valence-electron chi connectivity index (χ4n) is 3.39. The van der Waals surface area contributed by atoms with E-state index >= 15 is 0 Å². The molecule has 6 nitrogen and oxygen atoms in total. The van der Waals surface area contributed by atoms with Gasteiger partial charge in [0.15, 0.2) is 0 Å². The summed E-state index contributed by atoms with van der Waals surface area (Å²) in [5.41, 5.74) is 1.24. The number of carbonyl (C=O) groups excluding carboxylic acids is 2. The molecule has 6 heteroatoms. The highest BCUT2D eigenvalue weighted by molar-refractivity contribution is 6.46. The van der Waals surface area contributed by atoms with Crippen molar-refractivity contribution in [2.24, 2.45) is 0 Å². The summed E-state index contributed by atoms with van der Waals surface area (Å²) in [7, 11) is 5.31. The molecule has 1 N–H and O–H groups in total. The lowest BCUT2D eigenvalue weighted by molar-refractivity contribution is -0.140. The highest BCUT2D eigenvalue weighted by Crippen LogP contribution is 2.40. The van der Waals surface area contributed by atoms with Crippen molar-refractivity contribution >= 4 is 17.4 Å². The SMILES string of the molecule is COc1ccccc1/C(O)=C1/C(=O)C(=O)N(CCN(C)C)C1c1ccccc1. The fourth-order valence-corrected chi connectivity index (χ4v) is 3.39. The van der Waals surface area contributed by atoms with E-state index < -0.39 is 17.7 Å². The fraction of sp³-hybridized carbons (Fsp3) is 0.273. The molecule has 146 valence electrons. The van der Waals surface area contributed by atoms with E-state index in [9.17, 15) is 14.7 Å². The summed E-state index contributed by atoms with van der Waals surface area (Å²) in [5, 5.41) is 11.0. The Kier molecular flexibility index (Phi) is 5.80. The van der Waals surface area contributed by atoms with E-state index in [1.54, 1.807) is 24.3 Å². The molecule has 1 saturated heterocycles. The van der Waals surface area contributed by atoms with Gasteiger partial charge >= 0.3 is 0 Å². The van der Waals surface area contributed by atoms with Crippen LogP contribution in [0.5, 0.6) is 5.75 Å². The smallest absolute Gasteiger partial charge is 0.295 e. The van der Waals surface area contributed by atoms with E-state index in [2.05, 4.69) is 0 Å². The summed E-state index contributed by atoms with van der Waals surface area (Å²) < 4.78 is 5.32. The van der Waals surface area contributed by atoms with Crippen LogP contribution >= 0.6 is 0 Å². The maximum Gasteiger partial charge on any atom is 0.295 e. The number of likely N-dealkylation sites (N-methyl/N-ethyl adjacent to an activating group) is 1. The van der Waals surface area contributed by atoms with Crippen LogP contribution in [0.2, 0.25) is 0 Å². The van der Waals surface area contributed by atoms with E-state index in [0.29, 0.717) is 24.4 Å². The Morgan fingerprint density at radius 2 is 1.71 bits per heavy atom. The lowest BCUT2D eigenvalue weighted by Gasteiger charge is -2.26. The molecule has 1 aliphatic rings. The summed E-state index contributed by atoms with van der Waals surface area (Å²) >= 11 is 0. The number of ketones is 1. The van der Waals surface area contributed by atoms with Gasteiger partial charge in [0.1, 0.15) is 11.5 Å². The molecule has 2 aromatic carbocycles. The topological polar surface area (TPSA) is 70.1 Å². The zero-order valence-corrected chi connectivity index (χ0v) is 16.3. The molecular formula is C22H24N2O4. The maximum absolute atomic E-state index is 12.9. The molecule has 1 amide bonds. The van der Waals surface area contributed by atoms with Crippen molar-refractivity contribution < 1.29 is 19.4 Å². The Labute approximate surface area is 164 Å². The third kappa shape index (κ3) is 3.64. The number of hydrogen-bond donors (Lipinski definition) is 1. The normalized spacial score (nSPS) is 18.7. The van der Waals surface area contributed by atoms with E-state index in [4.69, 9.17) is 4.74 Å². The molecular weight excluding hydrogens is 356 g/mol. The standard InChI is InChI=1S/C22H24N2O4/c1-23(2)13-14-24-19(15-9-5-4-6-10-15)18(21(26)22(24)27)20(25)16-11-7-8-12-17(16)28-3/h4-12,19,25H,13-14H2,1-3H3/b20-18-. The first-order valence-electron chi connectivity index (χ1n) is 9.07. The van der Waals surface area contributed by atoms with Crippen LogP contribution < -0.4 is 4.74 Å². The molecule has 1 atom stereocenters. The Balaban J connectivity index is 2.16.